The first-order valence-electron chi connectivity index (χ1n) is 7.21. The molecule has 4 heteroatoms. The van der Waals surface area contributed by atoms with Crippen molar-refractivity contribution in [1.82, 2.24) is 5.32 Å². The molecule has 0 radical (unpaired) electrons. The lowest BCUT2D eigenvalue weighted by atomic mass is 9.94. The molecule has 2 aromatic rings. The van der Waals surface area contributed by atoms with Gasteiger partial charge in [0.2, 0.25) is 5.91 Å². The van der Waals surface area contributed by atoms with Crippen molar-refractivity contribution >= 4 is 18.3 Å². The molecular weight excluding hydrogens is 296 g/mol. The average Bonchev–Trinajstić information content (AvgIpc) is 2.53. The van der Waals surface area contributed by atoms with Crippen LogP contribution in [0.3, 0.4) is 0 Å². The first-order valence-corrected chi connectivity index (χ1v) is 7.21. The Bertz CT molecular complexity index is 584. The van der Waals surface area contributed by atoms with Gasteiger partial charge in [-0.15, -0.1) is 12.4 Å². The lowest BCUT2D eigenvalue weighted by molar-refractivity contribution is -0.125. The molecule has 2 atom stereocenters. The summed E-state index contributed by atoms with van der Waals surface area (Å²) in [6, 6.07) is 17.6. The molecule has 1 amide bonds. The minimum Gasteiger partial charge on any atom is -0.352 e. The summed E-state index contributed by atoms with van der Waals surface area (Å²) in [6.07, 6.45) is 0. The lowest BCUT2D eigenvalue weighted by Gasteiger charge is -2.19. The van der Waals surface area contributed by atoms with Crippen LogP contribution in [0.25, 0.3) is 0 Å². The van der Waals surface area contributed by atoms with Crippen molar-refractivity contribution in [3.05, 3.63) is 71.3 Å². The molecule has 0 saturated heterocycles. The van der Waals surface area contributed by atoms with Crippen LogP contribution in [0.4, 0.5) is 0 Å². The number of hydrogen-bond acceptors (Lipinski definition) is 2. The van der Waals surface area contributed by atoms with Gasteiger partial charge in [-0.25, -0.2) is 0 Å². The maximum absolute atomic E-state index is 12.2. The number of halogens is 1. The van der Waals surface area contributed by atoms with Crippen molar-refractivity contribution in [2.45, 2.75) is 26.4 Å². The van der Waals surface area contributed by atoms with E-state index in [4.69, 9.17) is 5.73 Å². The van der Waals surface area contributed by atoms with Crippen molar-refractivity contribution in [3.63, 3.8) is 0 Å². The summed E-state index contributed by atoms with van der Waals surface area (Å²) in [5, 5.41) is 2.95. The minimum absolute atomic E-state index is 0. The summed E-state index contributed by atoms with van der Waals surface area (Å²) in [5.41, 5.74) is 9.45. The number of rotatable bonds is 5. The third kappa shape index (κ3) is 4.86. The van der Waals surface area contributed by atoms with Gasteiger partial charge in [0.25, 0.3) is 0 Å². The maximum Gasteiger partial charge on any atom is 0.225 e. The molecular formula is C18H23ClN2O. The first-order chi connectivity index (χ1) is 10.1. The highest BCUT2D eigenvalue weighted by atomic mass is 35.5. The fraction of sp³-hybridized carbons (Fsp3) is 0.278. The third-order valence-corrected chi connectivity index (χ3v) is 3.72. The van der Waals surface area contributed by atoms with Gasteiger partial charge in [0, 0.05) is 12.6 Å². The Morgan fingerprint density at radius 3 is 2.27 bits per heavy atom. The highest BCUT2D eigenvalue weighted by Crippen LogP contribution is 2.19. The molecule has 0 fully saturated rings. The Labute approximate surface area is 138 Å². The van der Waals surface area contributed by atoms with E-state index in [2.05, 4.69) is 5.32 Å². The molecule has 3 nitrogen and oxygen atoms in total. The molecule has 3 N–H and O–H groups in total. The molecule has 0 heterocycles. The van der Waals surface area contributed by atoms with E-state index in [0.717, 1.165) is 11.1 Å². The minimum atomic E-state index is -0.288. The van der Waals surface area contributed by atoms with Crippen molar-refractivity contribution in [2.75, 3.05) is 0 Å². The second kappa shape index (κ2) is 8.57. The Kier molecular flexibility index (Phi) is 7.09. The molecule has 0 aromatic heterocycles. The van der Waals surface area contributed by atoms with Gasteiger partial charge in [0.1, 0.15) is 0 Å². The van der Waals surface area contributed by atoms with Crippen LogP contribution in [-0.4, -0.2) is 5.91 Å². The number of amides is 1. The van der Waals surface area contributed by atoms with Crippen LogP contribution in [0.5, 0.6) is 0 Å². The van der Waals surface area contributed by atoms with Gasteiger partial charge in [-0.1, -0.05) is 67.1 Å². The van der Waals surface area contributed by atoms with Crippen LogP contribution in [0, 0.1) is 12.8 Å². The monoisotopic (exact) mass is 318 g/mol. The van der Waals surface area contributed by atoms with Gasteiger partial charge in [-0.2, -0.15) is 0 Å². The van der Waals surface area contributed by atoms with Crippen molar-refractivity contribution in [2.24, 2.45) is 11.7 Å². The summed E-state index contributed by atoms with van der Waals surface area (Å²) < 4.78 is 0. The van der Waals surface area contributed by atoms with E-state index in [9.17, 15) is 4.79 Å². The van der Waals surface area contributed by atoms with Crippen LogP contribution in [0.15, 0.2) is 54.6 Å². The van der Waals surface area contributed by atoms with Crippen molar-refractivity contribution in [3.8, 4) is 0 Å². The number of nitrogens with one attached hydrogen (secondary N) is 1. The van der Waals surface area contributed by atoms with Crippen LogP contribution in [0.2, 0.25) is 0 Å². The summed E-state index contributed by atoms with van der Waals surface area (Å²) in [4.78, 5) is 12.2. The molecule has 0 saturated carbocycles. The number of nitrogens with two attached hydrogens (primary N) is 1. The highest BCUT2D eigenvalue weighted by molar-refractivity contribution is 5.85. The molecule has 0 aliphatic heterocycles. The molecule has 118 valence electrons. The Hall–Kier alpha value is -1.84. The highest BCUT2D eigenvalue weighted by Gasteiger charge is 2.21. The molecule has 0 aliphatic carbocycles. The first kappa shape index (κ1) is 18.2. The second-order valence-corrected chi connectivity index (χ2v) is 5.43. The number of benzene rings is 2. The van der Waals surface area contributed by atoms with E-state index in [1.54, 1.807) is 0 Å². The van der Waals surface area contributed by atoms with Crippen LogP contribution in [-0.2, 0) is 11.3 Å². The smallest absolute Gasteiger partial charge is 0.225 e. The molecule has 0 spiro atoms. The van der Waals surface area contributed by atoms with Gasteiger partial charge in [-0.05, 0) is 18.1 Å². The zero-order valence-electron chi connectivity index (χ0n) is 13.0. The van der Waals surface area contributed by atoms with E-state index >= 15 is 0 Å². The molecule has 0 aliphatic rings. The molecule has 22 heavy (non-hydrogen) atoms. The summed E-state index contributed by atoms with van der Waals surface area (Å²) in [7, 11) is 0. The predicted octanol–water partition coefficient (Wildman–Crippen LogP) is 3.37. The fourth-order valence-corrected chi connectivity index (χ4v) is 2.18. The van der Waals surface area contributed by atoms with E-state index in [1.165, 1.54) is 5.56 Å². The molecule has 2 aromatic carbocycles. The third-order valence-electron chi connectivity index (χ3n) is 3.72. The second-order valence-electron chi connectivity index (χ2n) is 5.43. The van der Waals surface area contributed by atoms with E-state index < -0.39 is 0 Å². The number of carbonyl (C=O) groups excluding carboxylic acids is 1. The zero-order chi connectivity index (χ0) is 15.2. The van der Waals surface area contributed by atoms with Gasteiger partial charge in [-0.3, -0.25) is 4.79 Å². The molecule has 2 unspecified atom stereocenters. The van der Waals surface area contributed by atoms with Gasteiger partial charge < -0.3 is 11.1 Å². The van der Waals surface area contributed by atoms with Gasteiger partial charge in [0.05, 0.1) is 5.92 Å². The number of carbonyl (C=O) groups is 1. The zero-order valence-corrected chi connectivity index (χ0v) is 13.8. The van der Waals surface area contributed by atoms with Crippen LogP contribution in [0.1, 0.15) is 29.7 Å². The predicted molar refractivity (Wildman–Crippen MR) is 92.8 cm³/mol. The van der Waals surface area contributed by atoms with Gasteiger partial charge >= 0.3 is 0 Å². The van der Waals surface area contributed by atoms with E-state index in [0.29, 0.717) is 6.54 Å². The quantitative estimate of drug-likeness (QED) is 0.888. The average molecular weight is 319 g/mol. The summed E-state index contributed by atoms with van der Waals surface area (Å²) >= 11 is 0. The molecule has 0 bridgehead atoms. The Morgan fingerprint density at radius 2 is 1.68 bits per heavy atom. The molecule has 2 rings (SSSR count). The summed E-state index contributed by atoms with van der Waals surface area (Å²) in [6.45, 7) is 4.44. The SMILES string of the molecule is Cc1ccc(CNC(=O)C(C)C(N)c2ccccc2)cc1.Cl. The van der Waals surface area contributed by atoms with Crippen LogP contribution >= 0.6 is 12.4 Å². The van der Waals surface area contributed by atoms with Gasteiger partial charge in [0.15, 0.2) is 0 Å². The van der Waals surface area contributed by atoms with E-state index in [-0.39, 0.29) is 30.3 Å². The number of hydrogen-bond donors (Lipinski definition) is 2. The van der Waals surface area contributed by atoms with E-state index in [1.807, 2.05) is 68.4 Å². The fourth-order valence-electron chi connectivity index (χ4n) is 2.18. The van der Waals surface area contributed by atoms with Crippen LogP contribution < -0.4 is 11.1 Å². The normalized spacial score (nSPS) is 12.9. The van der Waals surface area contributed by atoms with Crippen molar-refractivity contribution < 1.29 is 4.79 Å². The Morgan fingerprint density at radius 1 is 1.09 bits per heavy atom. The largest absolute Gasteiger partial charge is 0.352 e. The standard InChI is InChI=1S/C18H22N2O.ClH/c1-13-8-10-15(11-9-13)12-20-18(21)14(2)17(19)16-6-4-3-5-7-16;/h3-11,14,17H,12,19H2,1-2H3,(H,20,21);1H. The Balaban J connectivity index is 0.00000242. The van der Waals surface area contributed by atoms with Crippen molar-refractivity contribution in [1.29, 1.82) is 0 Å². The topological polar surface area (TPSA) is 55.1 Å². The summed E-state index contributed by atoms with van der Waals surface area (Å²) in [5.74, 6) is -0.287. The maximum atomic E-state index is 12.2. The number of aryl methyl sites for hydroxylation is 1. The lowest BCUT2D eigenvalue weighted by Crippen LogP contribution is -2.35.